The van der Waals surface area contributed by atoms with Gasteiger partial charge < -0.3 is 20.1 Å². The van der Waals surface area contributed by atoms with E-state index in [1.54, 1.807) is 7.11 Å². The average molecular weight is 447 g/mol. The van der Waals surface area contributed by atoms with E-state index in [1.165, 1.54) is 16.7 Å². The van der Waals surface area contributed by atoms with Crippen molar-refractivity contribution < 1.29 is 14.3 Å². The Labute approximate surface area is 197 Å². The number of rotatable bonds is 11. The second-order valence-electron chi connectivity index (χ2n) is 8.34. The third kappa shape index (κ3) is 6.83. The highest BCUT2D eigenvalue weighted by Gasteiger charge is 2.09. The van der Waals surface area contributed by atoms with Crippen LogP contribution in [0.15, 0.2) is 66.7 Å². The summed E-state index contributed by atoms with van der Waals surface area (Å²) >= 11 is 0. The number of carbonyl (C=O) groups excluding carboxylic acids is 1. The van der Waals surface area contributed by atoms with Gasteiger partial charge in [-0.15, -0.1) is 0 Å². The molecule has 0 unspecified atom stereocenters. The summed E-state index contributed by atoms with van der Waals surface area (Å²) in [6, 6.07) is 22.6. The van der Waals surface area contributed by atoms with Crippen LogP contribution in [0, 0.1) is 12.8 Å². The van der Waals surface area contributed by atoms with Gasteiger partial charge in [0.25, 0.3) is 0 Å². The fourth-order valence-corrected chi connectivity index (χ4v) is 3.59. The van der Waals surface area contributed by atoms with Gasteiger partial charge in [-0.05, 0) is 35.2 Å². The minimum absolute atomic E-state index is 0.00207. The lowest BCUT2D eigenvalue weighted by atomic mass is 9.97. The van der Waals surface area contributed by atoms with Crippen LogP contribution in [0.25, 0.3) is 11.1 Å². The maximum absolute atomic E-state index is 11.6. The molecule has 0 radical (unpaired) electrons. The van der Waals surface area contributed by atoms with Crippen molar-refractivity contribution in [3.63, 3.8) is 0 Å². The van der Waals surface area contributed by atoms with E-state index in [2.05, 4.69) is 60.0 Å². The van der Waals surface area contributed by atoms with E-state index >= 15 is 0 Å². The van der Waals surface area contributed by atoms with Gasteiger partial charge in [-0.2, -0.15) is 0 Å². The standard InChI is InChI=1S/C28H34N2O3/c1-20(2)28(31)30-16-15-29-18-23-13-14-25(17-27(23)32-4)33-19-24-11-8-12-26(21(24)3)22-9-6-5-7-10-22/h5-14,17,20,29H,15-16,18-19H2,1-4H3,(H,30,31). The summed E-state index contributed by atoms with van der Waals surface area (Å²) in [4.78, 5) is 11.6. The van der Waals surface area contributed by atoms with Crippen molar-refractivity contribution in [1.29, 1.82) is 0 Å². The van der Waals surface area contributed by atoms with Gasteiger partial charge >= 0.3 is 0 Å². The molecule has 0 aliphatic heterocycles. The normalized spacial score (nSPS) is 10.8. The van der Waals surface area contributed by atoms with Gasteiger partial charge in [0, 0.05) is 37.2 Å². The Morgan fingerprint density at radius 3 is 2.45 bits per heavy atom. The van der Waals surface area contributed by atoms with Crippen molar-refractivity contribution in [3.8, 4) is 22.6 Å². The number of nitrogens with one attached hydrogen (secondary N) is 2. The lowest BCUT2D eigenvalue weighted by Gasteiger charge is -2.15. The molecular formula is C28H34N2O3. The van der Waals surface area contributed by atoms with Crippen LogP contribution in [0.3, 0.4) is 0 Å². The van der Waals surface area contributed by atoms with Crippen molar-refractivity contribution in [2.24, 2.45) is 5.92 Å². The maximum Gasteiger partial charge on any atom is 0.222 e. The minimum Gasteiger partial charge on any atom is -0.496 e. The summed E-state index contributed by atoms with van der Waals surface area (Å²) in [6.45, 7) is 8.35. The summed E-state index contributed by atoms with van der Waals surface area (Å²) in [6.07, 6.45) is 0. The van der Waals surface area contributed by atoms with Gasteiger partial charge in [0.2, 0.25) is 5.91 Å². The van der Waals surface area contributed by atoms with Crippen LogP contribution in [-0.4, -0.2) is 26.1 Å². The highest BCUT2D eigenvalue weighted by Crippen LogP contribution is 2.28. The SMILES string of the molecule is COc1cc(OCc2cccc(-c3ccccc3)c2C)ccc1CNCCNC(=O)C(C)C. The Hall–Kier alpha value is -3.31. The van der Waals surface area contributed by atoms with Gasteiger partial charge in [-0.25, -0.2) is 0 Å². The summed E-state index contributed by atoms with van der Waals surface area (Å²) < 4.78 is 11.7. The first-order valence-corrected chi connectivity index (χ1v) is 11.4. The molecule has 0 heterocycles. The Kier molecular flexibility index (Phi) is 8.90. The van der Waals surface area contributed by atoms with E-state index in [0.717, 1.165) is 22.6 Å². The molecule has 0 aromatic heterocycles. The number of benzene rings is 3. The lowest BCUT2D eigenvalue weighted by Crippen LogP contribution is -2.34. The molecule has 3 aromatic carbocycles. The van der Waals surface area contributed by atoms with Crippen molar-refractivity contribution in [2.45, 2.75) is 33.9 Å². The van der Waals surface area contributed by atoms with Crippen LogP contribution in [0.2, 0.25) is 0 Å². The quantitative estimate of drug-likeness (QED) is 0.402. The number of hydrogen-bond donors (Lipinski definition) is 2. The van der Waals surface area contributed by atoms with Crippen LogP contribution >= 0.6 is 0 Å². The molecule has 0 saturated carbocycles. The molecule has 174 valence electrons. The second-order valence-corrected chi connectivity index (χ2v) is 8.34. The lowest BCUT2D eigenvalue weighted by molar-refractivity contribution is -0.123. The van der Waals surface area contributed by atoms with E-state index in [4.69, 9.17) is 9.47 Å². The van der Waals surface area contributed by atoms with Crippen LogP contribution in [0.5, 0.6) is 11.5 Å². The van der Waals surface area contributed by atoms with Crippen molar-refractivity contribution >= 4 is 5.91 Å². The van der Waals surface area contributed by atoms with Gasteiger partial charge in [-0.1, -0.05) is 68.4 Å². The fraction of sp³-hybridized carbons (Fsp3) is 0.321. The fourth-order valence-electron chi connectivity index (χ4n) is 3.59. The Morgan fingerprint density at radius 2 is 1.73 bits per heavy atom. The maximum atomic E-state index is 11.6. The zero-order chi connectivity index (χ0) is 23.6. The molecule has 0 atom stereocenters. The molecule has 0 saturated heterocycles. The first-order chi connectivity index (χ1) is 16.0. The van der Waals surface area contributed by atoms with E-state index in [1.807, 2.05) is 38.1 Å². The van der Waals surface area contributed by atoms with Gasteiger partial charge in [0.1, 0.15) is 18.1 Å². The molecule has 33 heavy (non-hydrogen) atoms. The van der Waals surface area contributed by atoms with E-state index in [-0.39, 0.29) is 11.8 Å². The zero-order valence-electron chi connectivity index (χ0n) is 20.0. The summed E-state index contributed by atoms with van der Waals surface area (Å²) in [5.74, 6) is 1.62. The highest BCUT2D eigenvalue weighted by molar-refractivity contribution is 5.77. The average Bonchev–Trinajstić information content (AvgIpc) is 2.84. The zero-order valence-corrected chi connectivity index (χ0v) is 20.0. The van der Waals surface area contributed by atoms with Crippen LogP contribution in [-0.2, 0) is 17.9 Å². The Balaban J connectivity index is 1.58. The Morgan fingerprint density at radius 1 is 0.939 bits per heavy atom. The van der Waals surface area contributed by atoms with Gasteiger partial charge in [0.15, 0.2) is 0 Å². The number of carbonyl (C=O) groups is 1. The number of amides is 1. The first-order valence-electron chi connectivity index (χ1n) is 11.4. The highest BCUT2D eigenvalue weighted by atomic mass is 16.5. The molecule has 3 rings (SSSR count). The minimum atomic E-state index is 0.00207. The Bertz CT molecular complexity index is 1050. The second kappa shape index (κ2) is 12.1. The first kappa shape index (κ1) is 24.3. The topological polar surface area (TPSA) is 59.6 Å². The molecule has 5 nitrogen and oxygen atoms in total. The van der Waals surface area contributed by atoms with E-state index < -0.39 is 0 Å². The monoisotopic (exact) mass is 446 g/mol. The smallest absolute Gasteiger partial charge is 0.222 e. The molecule has 0 aliphatic rings. The third-order valence-corrected chi connectivity index (χ3v) is 5.62. The van der Waals surface area contributed by atoms with Crippen molar-refractivity contribution in [3.05, 3.63) is 83.4 Å². The molecule has 0 aliphatic carbocycles. The number of ether oxygens (including phenoxy) is 2. The molecule has 1 amide bonds. The number of methoxy groups -OCH3 is 1. The predicted octanol–water partition coefficient (Wildman–Crippen LogP) is 5.11. The molecular weight excluding hydrogens is 412 g/mol. The number of hydrogen-bond acceptors (Lipinski definition) is 4. The molecule has 0 spiro atoms. The molecule has 0 fully saturated rings. The predicted molar refractivity (Wildman–Crippen MR) is 133 cm³/mol. The molecule has 5 heteroatoms. The van der Waals surface area contributed by atoms with Gasteiger partial charge in [-0.3, -0.25) is 4.79 Å². The van der Waals surface area contributed by atoms with Crippen LogP contribution in [0.4, 0.5) is 0 Å². The van der Waals surface area contributed by atoms with Crippen molar-refractivity contribution in [1.82, 2.24) is 10.6 Å². The largest absolute Gasteiger partial charge is 0.496 e. The van der Waals surface area contributed by atoms with E-state index in [9.17, 15) is 4.79 Å². The summed E-state index contributed by atoms with van der Waals surface area (Å²) in [5.41, 5.74) is 5.85. The van der Waals surface area contributed by atoms with Crippen molar-refractivity contribution in [2.75, 3.05) is 20.2 Å². The van der Waals surface area contributed by atoms with E-state index in [0.29, 0.717) is 26.2 Å². The summed E-state index contributed by atoms with van der Waals surface area (Å²) in [5, 5.41) is 6.25. The molecule has 3 aromatic rings. The van der Waals surface area contributed by atoms with Crippen LogP contribution in [0.1, 0.15) is 30.5 Å². The summed E-state index contributed by atoms with van der Waals surface area (Å²) in [7, 11) is 1.67. The van der Waals surface area contributed by atoms with Gasteiger partial charge in [0.05, 0.1) is 7.11 Å². The molecule has 2 N–H and O–H groups in total. The third-order valence-electron chi connectivity index (χ3n) is 5.62. The van der Waals surface area contributed by atoms with Crippen LogP contribution < -0.4 is 20.1 Å². The molecule has 0 bridgehead atoms.